The quantitative estimate of drug-likeness (QED) is 0.0133. The van der Waals surface area contributed by atoms with Gasteiger partial charge >= 0.3 is 27.6 Å². The molecule has 0 saturated heterocycles. The van der Waals surface area contributed by atoms with Crippen LogP contribution in [0.4, 0.5) is 0 Å². The van der Waals surface area contributed by atoms with Gasteiger partial charge in [0.15, 0.2) is 6.10 Å². The van der Waals surface area contributed by atoms with E-state index >= 15 is 0 Å². The van der Waals surface area contributed by atoms with Gasteiger partial charge in [-0.3, -0.25) is 23.2 Å². The van der Waals surface area contributed by atoms with Crippen molar-refractivity contribution in [1.29, 1.82) is 0 Å². The number of aliphatic hydroxyl groups excluding tert-OH is 6. The molecule has 1 aliphatic rings. The van der Waals surface area contributed by atoms with Crippen LogP contribution < -0.4 is 0 Å². The summed E-state index contributed by atoms with van der Waals surface area (Å²) < 4.78 is 49.1. The van der Waals surface area contributed by atoms with Crippen molar-refractivity contribution in [2.24, 2.45) is 0 Å². The zero-order valence-corrected chi connectivity index (χ0v) is 41.1. The molecular weight excluding hydrogens is 914 g/mol. The fourth-order valence-corrected chi connectivity index (χ4v) is 8.14. The van der Waals surface area contributed by atoms with Gasteiger partial charge in [-0.25, -0.2) is 9.13 Å². The van der Waals surface area contributed by atoms with E-state index in [4.69, 9.17) is 18.5 Å². The van der Waals surface area contributed by atoms with E-state index in [-0.39, 0.29) is 32.1 Å². The van der Waals surface area contributed by atoms with Gasteiger partial charge in [-0.2, -0.15) is 0 Å². The van der Waals surface area contributed by atoms with Crippen LogP contribution in [0.15, 0.2) is 72.9 Å². The second kappa shape index (κ2) is 37.2. The fraction of sp³-hybridized carbons (Fsp3) is 0.702. The maximum Gasteiger partial charge on any atom is 0.472 e. The normalized spacial score (nSPS) is 23.0. The number of hydrogen-bond acceptors (Lipinski definition) is 15. The summed E-state index contributed by atoms with van der Waals surface area (Å²) in [5.74, 6) is -1.54. The summed E-state index contributed by atoms with van der Waals surface area (Å²) in [6.45, 7) is 2.75. The molecule has 0 aromatic heterocycles. The molecule has 1 saturated carbocycles. The lowest BCUT2D eigenvalue weighted by Crippen LogP contribution is -2.64. The second-order valence-corrected chi connectivity index (χ2v) is 19.0. The monoisotopic (exact) mass is 994 g/mol. The largest absolute Gasteiger partial charge is 0.472 e. The summed E-state index contributed by atoms with van der Waals surface area (Å²) in [7, 11) is -10.8. The van der Waals surface area contributed by atoms with Crippen LogP contribution in [-0.2, 0) is 41.8 Å². The van der Waals surface area contributed by atoms with Crippen molar-refractivity contribution in [2.75, 3.05) is 13.2 Å². The number of unbranched alkanes of at least 4 members (excludes halogenated alkanes) is 8. The first kappa shape index (κ1) is 62.4. The van der Waals surface area contributed by atoms with Gasteiger partial charge in [-0.05, 0) is 89.9 Å². The topological polar surface area (TPSA) is 296 Å². The number of phosphoric ester groups is 2. The number of allylic oxidation sites excluding steroid dienone is 11. The second-order valence-electron chi connectivity index (χ2n) is 16.4. The first-order valence-electron chi connectivity index (χ1n) is 23.6. The SMILES string of the molecule is CCCCC/C=C\C/C=C\C/C=C\CCCCC(=O)O[C@H](COC(=O)CCCC(O)C(O)C/C=C\C/C=C\C/C=C\CCCCC)COP(=O)(O)O[C@H]1C(O)C(O)C(O)[C@@H](OP(=O)(O)O)C1O. The van der Waals surface area contributed by atoms with Crippen LogP contribution in [0.5, 0.6) is 0 Å². The Balaban J connectivity index is 2.74. The van der Waals surface area contributed by atoms with Crippen LogP contribution in [0.25, 0.3) is 0 Å². The number of esters is 2. The maximum absolute atomic E-state index is 13.0. The molecule has 0 radical (unpaired) electrons. The molecule has 0 spiro atoms. The van der Waals surface area contributed by atoms with Crippen molar-refractivity contribution in [2.45, 2.75) is 197 Å². The van der Waals surface area contributed by atoms with E-state index in [0.717, 1.165) is 32.1 Å². The van der Waals surface area contributed by atoms with Crippen molar-refractivity contribution in [3.05, 3.63) is 72.9 Å². The van der Waals surface area contributed by atoms with Crippen LogP contribution >= 0.6 is 15.6 Å². The Morgan fingerprint density at radius 2 is 1.00 bits per heavy atom. The summed E-state index contributed by atoms with van der Waals surface area (Å²) in [6, 6.07) is 0. The summed E-state index contributed by atoms with van der Waals surface area (Å²) >= 11 is 0. The predicted octanol–water partition coefficient (Wildman–Crippen LogP) is 6.78. The lowest BCUT2D eigenvalue weighted by Gasteiger charge is -2.43. The smallest absolute Gasteiger partial charge is 0.462 e. The van der Waals surface area contributed by atoms with E-state index in [1.165, 1.54) is 38.5 Å². The van der Waals surface area contributed by atoms with Crippen LogP contribution in [-0.4, -0.2) is 125 Å². The number of carbonyl (C=O) groups excluding carboxylic acids is 2. The molecule has 1 rings (SSSR count). The summed E-state index contributed by atoms with van der Waals surface area (Å²) in [4.78, 5) is 54.3. The summed E-state index contributed by atoms with van der Waals surface area (Å²) in [5, 5.41) is 62.0. The molecular formula is C47H80O18P2. The molecule has 18 nitrogen and oxygen atoms in total. The van der Waals surface area contributed by atoms with Gasteiger partial charge in [-0.1, -0.05) is 112 Å². The van der Waals surface area contributed by atoms with Crippen molar-refractivity contribution in [1.82, 2.24) is 0 Å². The van der Waals surface area contributed by atoms with Gasteiger partial charge in [0.05, 0.1) is 18.8 Å². The minimum absolute atomic E-state index is 0.0640. The van der Waals surface area contributed by atoms with E-state index in [1.54, 1.807) is 6.08 Å². The predicted molar refractivity (Wildman–Crippen MR) is 253 cm³/mol. The molecule has 0 amide bonds. The zero-order chi connectivity index (χ0) is 49.9. The third kappa shape index (κ3) is 31.3. The Morgan fingerprint density at radius 1 is 0.537 bits per heavy atom. The zero-order valence-electron chi connectivity index (χ0n) is 39.3. The first-order chi connectivity index (χ1) is 31.9. The first-order valence-corrected chi connectivity index (χ1v) is 26.7. The lowest BCUT2D eigenvalue weighted by atomic mass is 9.85. The minimum atomic E-state index is -5.40. The van der Waals surface area contributed by atoms with Crippen LogP contribution in [0, 0.1) is 0 Å². The van der Waals surface area contributed by atoms with Crippen LogP contribution in [0.1, 0.15) is 142 Å². The molecule has 386 valence electrons. The standard InChI is InChI=1S/C47H80O18P2/c1-3-5-7-9-11-13-15-17-18-19-21-23-25-27-29-33-41(51)63-37(36-62-67(59,60)65-47-44(54)42(52)43(53)46(45(47)55)64-66(56,57)58)35-61-40(50)34-30-32-39(49)38(48)31-28-26-24-22-20-16-14-12-10-8-6-4-2/h11-14,17-18,20-23,26,28,37-39,42-49,52-55H,3-10,15-16,19,24-25,27,29-36H2,1-2H3,(H,59,60)(H2,56,57,58)/b13-11-,14-12-,18-17-,22-20-,23-21-,28-26-/t37-,38?,39?,42?,43?,44?,45?,46-,47+/m1/s1. The number of rotatable bonds is 38. The van der Waals surface area contributed by atoms with Crippen molar-refractivity contribution in [3.8, 4) is 0 Å². The molecule has 20 heteroatoms. The third-order valence-electron chi connectivity index (χ3n) is 10.5. The Bertz CT molecular complexity index is 1610. The molecule has 0 aromatic carbocycles. The van der Waals surface area contributed by atoms with Gasteiger partial charge in [-0.15, -0.1) is 0 Å². The third-order valence-corrected chi connectivity index (χ3v) is 12.0. The molecule has 1 aliphatic carbocycles. The van der Waals surface area contributed by atoms with E-state index in [1.807, 2.05) is 24.3 Å². The van der Waals surface area contributed by atoms with Gasteiger partial charge < -0.3 is 54.8 Å². The number of hydrogen-bond donors (Lipinski definition) is 9. The highest BCUT2D eigenvalue weighted by molar-refractivity contribution is 7.47. The molecule has 67 heavy (non-hydrogen) atoms. The molecule has 0 aromatic rings. The van der Waals surface area contributed by atoms with Gasteiger partial charge in [0.1, 0.15) is 43.2 Å². The van der Waals surface area contributed by atoms with Crippen molar-refractivity contribution >= 4 is 27.6 Å². The minimum Gasteiger partial charge on any atom is -0.462 e. The van der Waals surface area contributed by atoms with Gasteiger partial charge in [0.25, 0.3) is 0 Å². The number of ether oxygens (including phenoxy) is 2. The Kier molecular flexibility index (Phi) is 34.7. The van der Waals surface area contributed by atoms with E-state index in [0.29, 0.717) is 25.7 Å². The molecule has 7 unspecified atom stereocenters. The van der Waals surface area contributed by atoms with E-state index in [9.17, 15) is 64.0 Å². The van der Waals surface area contributed by atoms with Crippen LogP contribution in [0.2, 0.25) is 0 Å². The molecule has 1 fully saturated rings. The average molecular weight is 995 g/mol. The Hall–Kier alpha value is -2.64. The van der Waals surface area contributed by atoms with Gasteiger partial charge in [0, 0.05) is 12.8 Å². The number of carbonyl (C=O) groups is 2. The van der Waals surface area contributed by atoms with E-state index in [2.05, 4.69) is 60.9 Å². The molecule has 0 heterocycles. The van der Waals surface area contributed by atoms with Crippen molar-refractivity contribution < 1.29 is 87.1 Å². The Morgan fingerprint density at radius 3 is 1.51 bits per heavy atom. The maximum atomic E-state index is 13.0. The van der Waals surface area contributed by atoms with E-state index < -0.39 is 95.7 Å². The van der Waals surface area contributed by atoms with Gasteiger partial charge in [0.2, 0.25) is 0 Å². The van der Waals surface area contributed by atoms with Crippen molar-refractivity contribution in [3.63, 3.8) is 0 Å². The molecule has 10 atom stereocenters. The average Bonchev–Trinajstić information content (AvgIpc) is 3.28. The number of aliphatic hydroxyl groups is 6. The lowest BCUT2D eigenvalue weighted by molar-refractivity contribution is -0.216. The Labute approximate surface area is 397 Å². The molecule has 0 bridgehead atoms. The molecule has 9 N–H and O–H groups in total. The fourth-order valence-electron chi connectivity index (χ4n) is 6.60. The highest BCUT2D eigenvalue weighted by Gasteiger charge is 2.54. The summed E-state index contributed by atoms with van der Waals surface area (Å²) in [6.07, 6.45) is 21.6. The number of phosphoric acid groups is 2. The summed E-state index contributed by atoms with van der Waals surface area (Å²) in [5.41, 5.74) is 0. The highest BCUT2D eigenvalue weighted by Crippen LogP contribution is 2.49. The highest BCUT2D eigenvalue weighted by atomic mass is 31.2. The van der Waals surface area contributed by atoms with Crippen LogP contribution in [0.3, 0.4) is 0 Å². The molecule has 0 aliphatic heterocycles.